The topological polar surface area (TPSA) is 57.1 Å². The van der Waals surface area contributed by atoms with Crippen LogP contribution in [-0.4, -0.2) is 32.0 Å². The van der Waals surface area contributed by atoms with Gasteiger partial charge in [0.1, 0.15) is 11.9 Å². The molecule has 2 atom stereocenters. The van der Waals surface area contributed by atoms with E-state index in [0.717, 1.165) is 22.6 Å². The van der Waals surface area contributed by atoms with Crippen molar-refractivity contribution in [3.8, 4) is 5.75 Å². The number of hydrogen-bond donors (Lipinski definition) is 0. The van der Waals surface area contributed by atoms with Crippen LogP contribution in [0.1, 0.15) is 23.8 Å². The van der Waals surface area contributed by atoms with Gasteiger partial charge in [0.25, 0.3) is 0 Å². The van der Waals surface area contributed by atoms with Gasteiger partial charge in [0.15, 0.2) is 6.23 Å². The molecule has 0 bridgehead atoms. The average molecular weight is 325 g/mol. The summed E-state index contributed by atoms with van der Waals surface area (Å²) in [7, 11) is 3.00. The molecule has 0 radical (unpaired) electrons. The van der Waals surface area contributed by atoms with E-state index in [1.807, 2.05) is 54.6 Å². The van der Waals surface area contributed by atoms with Crippen molar-refractivity contribution in [3.05, 3.63) is 65.7 Å². The molecule has 1 aliphatic heterocycles. The molecule has 2 aromatic rings. The zero-order valence-electron chi connectivity index (χ0n) is 13.6. The van der Waals surface area contributed by atoms with Gasteiger partial charge in [0, 0.05) is 5.56 Å². The molecule has 24 heavy (non-hydrogen) atoms. The van der Waals surface area contributed by atoms with Gasteiger partial charge in [-0.1, -0.05) is 42.5 Å². The Morgan fingerprint density at radius 2 is 1.79 bits per heavy atom. The van der Waals surface area contributed by atoms with E-state index in [1.54, 1.807) is 7.11 Å². The number of esters is 1. The molecule has 1 heterocycles. The second kappa shape index (κ2) is 7.27. The normalized spacial score (nSPS) is 19.7. The Morgan fingerprint density at radius 3 is 2.42 bits per heavy atom. The van der Waals surface area contributed by atoms with Gasteiger partial charge in [-0.05, 0) is 17.7 Å². The van der Waals surface area contributed by atoms with Crippen LogP contribution >= 0.6 is 0 Å². The largest absolute Gasteiger partial charge is 0.497 e. The minimum Gasteiger partial charge on any atom is -0.497 e. The maximum Gasteiger partial charge on any atom is 0.308 e. The minimum atomic E-state index is -0.444. The Hall–Kier alpha value is -2.66. The van der Waals surface area contributed by atoms with E-state index >= 15 is 0 Å². The molecule has 0 saturated heterocycles. The lowest BCUT2D eigenvalue weighted by atomic mass is 10.0. The molecule has 1 aliphatic rings. The van der Waals surface area contributed by atoms with Crippen molar-refractivity contribution in [3.63, 3.8) is 0 Å². The van der Waals surface area contributed by atoms with Crippen molar-refractivity contribution in [2.45, 2.75) is 18.8 Å². The van der Waals surface area contributed by atoms with Crippen LogP contribution in [0.5, 0.6) is 5.75 Å². The Bertz CT molecular complexity index is 725. The highest BCUT2D eigenvalue weighted by molar-refractivity contribution is 6.06. The van der Waals surface area contributed by atoms with E-state index in [2.05, 4.69) is 0 Å². The van der Waals surface area contributed by atoms with E-state index in [4.69, 9.17) is 19.2 Å². The molecular weight excluding hydrogens is 306 g/mol. The number of carbonyl (C=O) groups excluding carboxylic acids is 1. The molecule has 0 aromatic heterocycles. The van der Waals surface area contributed by atoms with Gasteiger partial charge >= 0.3 is 5.97 Å². The lowest BCUT2D eigenvalue weighted by Gasteiger charge is -2.14. The predicted octanol–water partition coefficient (Wildman–Crippen LogP) is 3.15. The first-order chi connectivity index (χ1) is 11.7. The fraction of sp³-hybridized carbons (Fsp3) is 0.263. The van der Waals surface area contributed by atoms with Crippen LogP contribution < -0.4 is 4.74 Å². The number of rotatable bonds is 5. The van der Waals surface area contributed by atoms with Crippen LogP contribution in [0.25, 0.3) is 0 Å². The molecule has 0 spiro atoms. The second-order valence-electron chi connectivity index (χ2n) is 5.41. The summed E-state index contributed by atoms with van der Waals surface area (Å²) in [5.74, 6) is 0.453. The molecule has 2 aromatic carbocycles. The van der Waals surface area contributed by atoms with Crippen molar-refractivity contribution in [1.29, 1.82) is 0 Å². The number of benzene rings is 2. The maximum absolute atomic E-state index is 11.7. The SMILES string of the molecule is COC(=O)C[C@@H]1O[C@H](c2ccc(OC)cc2)N=C1c1ccccc1. The molecule has 5 nitrogen and oxygen atoms in total. The number of methoxy groups -OCH3 is 2. The first-order valence-corrected chi connectivity index (χ1v) is 7.70. The fourth-order valence-electron chi connectivity index (χ4n) is 2.63. The molecule has 0 fully saturated rings. The van der Waals surface area contributed by atoms with Crippen molar-refractivity contribution < 1.29 is 19.0 Å². The number of nitrogens with zero attached hydrogens (tertiary/aromatic N) is 1. The number of aliphatic imine (C=N–C) groups is 1. The Labute approximate surface area is 140 Å². The summed E-state index contributed by atoms with van der Waals surface area (Å²) in [6, 6.07) is 17.3. The van der Waals surface area contributed by atoms with Gasteiger partial charge < -0.3 is 14.2 Å². The lowest BCUT2D eigenvalue weighted by molar-refractivity contribution is -0.143. The van der Waals surface area contributed by atoms with E-state index in [0.29, 0.717) is 0 Å². The van der Waals surface area contributed by atoms with Crippen LogP contribution in [0, 0.1) is 0 Å². The maximum atomic E-state index is 11.7. The third-order valence-corrected chi connectivity index (χ3v) is 3.90. The molecule has 0 unspecified atom stereocenters. The molecule has 124 valence electrons. The monoisotopic (exact) mass is 325 g/mol. The summed E-state index contributed by atoms with van der Waals surface area (Å²) in [5.41, 5.74) is 2.63. The third-order valence-electron chi connectivity index (χ3n) is 3.90. The molecular formula is C19H19NO4. The highest BCUT2D eigenvalue weighted by atomic mass is 16.5. The molecule has 0 amide bonds. The summed E-state index contributed by atoms with van der Waals surface area (Å²) < 4.78 is 16.0. The van der Waals surface area contributed by atoms with Gasteiger partial charge in [-0.15, -0.1) is 0 Å². The van der Waals surface area contributed by atoms with Crippen molar-refractivity contribution in [1.82, 2.24) is 0 Å². The highest BCUT2D eigenvalue weighted by Gasteiger charge is 2.32. The first-order valence-electron chi connectivity index (χ1n) is 7.70. The van der Waals surface area contributed by atoms with E-state index < -0.39 is 12.3 Å². The predicted molar refractivity (Wildman–Crippen MR) is 90.2 cm³/mol. The number of hydrogen-bond acceptors (Lipinski definition) is 5. The van der Waals surface area contributed by atoms with E-state index in [1.165, 1.54) is 7.11 Å². The summed E-state index contributed by atoms with van der Waals surface area (Å²) in [6.07, 6.45) is -0.732. The number of ether oxygens (including phenoxy) is 3. The lowest BCUT2D eigenvalue weighted by Crippen LogP contribution is -2.24. The zero-order chi connectivity index (χ0) is 16.9. The van der Waals surface area contributed by atoms with Crippen molar-refractivity contribution in [2.24, 2.45) is 4.99 Å². The standard InChI is InChI=1S/C19H19NO4/c1-22-15-10-8-14(9-11-15)19-20-18(13-6-4-3-5-7-13)16(24-19)12-17(21)23-2/h3-11,16,19H,12H2,1-2H3/t16-,19+/m0/s1. The minimum absolute atomic E-state index is 0.136. The van der Waals surface area contributed by atoms with Gasteiger partial charge in [-0.2, -0.15) is 0 Å². The third kappa shape index (κ3) is 3.46. The first kappa shape index (κ1) is 16.2. The molecule has 3 rings (SSSR count). The summed E-state index contributed by atoms with van der Waals surface area (Å²) in [6.45, 7) is 0. The van der Waals surface area contributed by atoms with Gasteiger partial charge in [0.05, 0.1) is 26.4 Å². The highest BCUT2D eigenvalue weighted by Crippen LogP contribution is 2.32. The average Bonchev–Trinajstić information content (AvgIpc) is 3.06. The molecule has 0 aliphatic carbocycles. The summed E-state index contributed by atoms with van der Waals surface area (Å²) >= 11 is 0. The van der Waals surface area contributed by atoms with Crippen molar-refractivity contribution in [2.75, 3.05) is 14.2 Å². The van der Waals surface area contributed by atoms with Crippen LogP contribution in [0.4, 0.5) is 0 Å². The van der Waals surface area contributed by atoms with Crippen LogP contribution in [-0.2, 0) is 14.3 Å². The Morgan fingerprint density at radius 1 is 1.08 bits per heavy atom. The van der Waals surface area contributed by atoms with Crippen molar-refractivity contribution >= 4 is 11.7 Å². The quantitative estimate of drug-likeness (QED) is 0.793. The molecule has 5 heteroatoms. The summed E-state index contributed by atoms with van der Waals surface area (Å²) in [5, 5.41) is 0. The molecule has 0 N–H and O–H groups in total. The molecule has 0 saturated carbocycles. The summed E-state index contributed by atoms with van der Waals surface area (Å²) in [4.78, 5) is 16.4. The van der Waals surface area contributed by atoms with Gasteiger partial charge in [0.2, 0.25) is 0 Å². The van der Waals surface area contributed by atoms with Crippen LogP contribution in [0.2, 0.25) is 0 Å². The Balaban J connectivity index is 1.89. The zero-order valence-corrected chi connectivity index (χ0v) is 13.6. The van der Waals surface area contributed by atoms with E-state index in [9.17, 15) is 4.79 Å². The van der Waals surface area contributed by atoms with Gasteiger partial charge in [-0.3, -0.25) is 9.79 Å². The number of carbonyl (C=O) groups is 1. The second-order valence-corrected chi connectivity index (χ2v) is 5.41. The van der Waals surface area contributed by atoms with E-state index in [-0.39, 0.29) is 12.4 Å². The smallest absolute Gasteiger partial charge is 0.308 e. The van der Waals surface area contributed by atoms with Gasteiger partial charge in [-0.25, -0.2) is 0 Å². The fourth-order valence-corrected chi connectivity index (χ4v) is 2.63. The van der Waals surface area contributed by atoms with Crippen LogP contribution in [0.3, 0.4) is 0 Å². The van der Waals surface area contributed by atoms with Crippen LogP contribution in [0.15, 0.2) is 59.6 Å². The Kier molecular flexibility index (Phi) is 4.91.